The van der Waals surface area contributed by atoms with Gasteiger partial charge in [-0.1, -0.05) is 35.3 Å². The first-order valence-corrected chi connectivity index (χ1v) is 10.00. The van der Waals surface area contributed by atoms with Gasteiger partial charge in [0.05, 0.1) is 27.2 Å². The number of thiazole rings is 1. The van der Waals surface area contributed by atoms with Gasteiger partial charge in [-0.25, -0.2) is 4.98 Å². The molecule has 1 amide bonds. The number of nitrogens with zero attached hydrogens (tertiary/aromatic N) is 1. The number of fused-ring (bicyclic) bond motifs is 1. The summed E-state index contributed by atoms with van der Waals surface area (Å²) in [6.45, 7) is 0. The Morgan fingerprint density at radius 3 is 2.71 bits per heavy atom. The van der Waals surface area contributed by atoms with Crippen molar-refractivity contribution in [3.8, 4) is 10.6 Å². The largest absolute Gasteiger partial charge is 0.459 e. The summed E-state index contributed by atoms with van der Waals surface area (Å²) in [5, 5.41) is 7.16. The lowest BCUT2D eigenvalue weighted by Gasteiger charge is -2.14. The normalized spacial score (nSPS) is 10.8. The number of amides is 1. The van der Waals surface area contributed by atoms with Crippen LogP contribution in [0.4, 0.5) is 5.69 Å². The Hall–Kier alpha value is -2.45. The lowest BCUT2D eigenvalue weighted by atomic mass is 10.2. The van der Waals surface area contributed by atoms with Crippen molar-refractivity contribution in [2.75, 3.05) is 5.32 Å². The summed E-state index contributed by atoms with van der Waals surface area (Å²) in [7, 11) is 0. The van der Waals surface area contributed by atoms with Gasteiger partial charge < -0.3 is 9.73 Å². The maximum Gasteiger partial charge on any atom is 0.293 e. The minimum Gasteiger partial charge on any atom is -0.459 e. The van der Waals surface area contributed by atoms with Crippen LogP contribution in [0.15, 0.2) is 59.2 Å². The molecule has 0 aliphatic carbocycles. The zero-order chi connectivity index (χ0) is 19.7. The van der Waals surface area contributed by atoms with E-state index in [9.17, 15) is 4.79 Å². The molecule has 0 saturated carbocycles. The fourth-order valence-electron chi connectivity index (χ4n) is 2.57. The number of hydrogen-bond donors (Lipinski definition) is 2. The molecule has 0 unspecified atom stereocenters. The maximum absolute atomic E-state index is 12.1. The van der Waals surface area contributed by atoms with E-state index in [0.717, 1.165) is 15.2 Å². The molecule has 0 saturated heterocycles. The fourth-order valence-corrected chi connectivity index (χ4v) is 4.30. The highest BCUT2D eigenvalue weighted by atomic mass is 35.5. The number of rotatable bonds is 3. The third-order valence-electron chi connectivity index (χ3n) is 3.79. The standard InChI is InChI=1S/C19H11Cl2N3O2S2/c20-10-8-11(18-22-13-4-1-2-6-15(13)28-18)16(12(21)9-10)23-19(27)24-17(25)14-5-3-7-26-14/h1-9H,(H2,23,24,25,27). The first-order chi connectivity index (χ1) is 13.5. The molecule has 5 nitrogen and oxygen atoms in total. The minimum absolute atomic E-state index is 0.0768. The van der Waals surface area contributed by atoms with Gasteiger partial charge in [0.1, 0.15) is 5.01 Å². The summed E-state index contributed by atoms with van der Waals surface area (Å²) >= 11 is 19.4. The number of thiocarbonyl (C=S) groups is 1. The number of hydrogen-bond acceptors (Lipinski definition) is 5. The van der Waals surface area contributed by atoms with Crippen LogP contribution < -0.4 is 10.6 Å². The van der Waals surface area contributed by atoms with Crippen molar-refractivity contribution in [3.63, 3.8) is 0 Å². The fraction of sp³-hybridized carbons (Fsp3) is 0. The van der Waals surface area contributed by atoms with Gasteiger partial charge in [-0.2, -0.15) is 0 Å². The third-order valence-corrected chi connectivity index (χ3v) is 5.58. The predicted octanol–water partition coefficient (Wildman–Crippen LogP) is 5.99. The van der Waals surface area contributed by atoms with E-state index in [0.29, 0.717) is 21.3 Å². The molecule has 9 heteroatoms. The first kappa shape index (κ1) is 18.9. The van der Waals surface area contributed by atoms with Crippen molar-refractivity contribution in [2.24, 2.45) is 0 Å². The summed E-state index contributed by atoms with van der Waals surface area (Å²) in [5.41, 5.74) is 2.07. The van der Waals surface area contributed by atoms with Crippen LogP contribution in [0.2, 0.25) is 10.0 Å². The predicted molar refractivity (Wildman–Crippen MR) is 117 cm³/mol. The monoisotopic (exact) mass is 447 g/mol. The third kappa shape index (κ3) is 3.88. The molecule has 140 valence electrons. The Kier molecular flexibility index (Phi) is 5.32. The van der Waals surface area contributed by atoms with Crippen LogP contribution in [-0.2, 0) is 0 Å². The van der Waals surface area contributed by atoms with Gasteiger partial charge in [-0.15, -0.1) is 11.3 Å². The van der Waals surface area contributed by atoms with Gasteiger partial charge in [0.25, 0.3) is 5.91 Å². The van der Waals surface area contributed by atoms with Crippen molar-refractivity contribution in [3.05, 3.63) is 70.6 Å². The number of furan rings is 1. The minimum atomic E-state index is -0.464. The van der Waals surface area contributed by atoms with Crippen LogP contribution >= 0.6 is 46.8 Å². The lowest BCUT2D eigenvalue weighted by Crippen LogP contribution is -2.34. The van der Waals surface area contributed by atoms with E-state index in [1.165, 1.54) is 17.6 Å². The smallest absolute Gasteiger partial charge is 0.293 e. The number of carbonyl (C=O) groups excluding carboxylic acids is 1. The summed E-state index contributed by atoms with van der Waals surface area (Å²) in [4.78, 5) is 16.8. The number of halogens is 2. The van der Waals surface area contributed by atoms with Crippen LogP contribution in [0.1, 0.15) is 10.6 Å². The Morgan fingerprint density at radius 2 is 1.96 bits per heavy atom. The molecule has 2 heterocycles. The second kappa shape index (κ2) is 7.89. The van der Waals surface area contributed by atoms with Gasteiger partial charge in [-0.05, 0) is 48.6 Å². The molecule has 0 spiro atoms. The van der Waals surface area contributed by atoms with Crippen molar-refractivity contribution in [1.82, 2.24) is 10.3 Å². The molecule has 0 radical (unpaired) electrons. The molecule has 0 aliphatic rings. The first-order valence-electron chi connectivity index (χ1n) is 8.02. The molecule has 0 fully saturated rings. The number of anilines is 1. The molecule has 2 aromatic heterocycles. The average molecular weight is 448 g/mol. The average Bonchev–Trinajstić information content (AvgIpc) is 3.33. The van der Waals surface area contributed by atoms with Crippen molar-refractivity contribution < 1.29 is 9.21 Å². The molecule has 0 bridgehead atoms. The molecule has 4 aromatic rings. The Balaban J connectivity index is 1.66. The zero-order valence-electron chi connectivity index (χ0n) is 14.0. The van der Waals surface area contributed by atoms with E-state index >= 15 is 0 Å². The van der Waals surface area contributed by atoms with E-state index in [-0.39, 0.29) is 10.9 Å². The van der Waals surface area contributed by atoms with E-state index in [1.807, 2.05) is 24.3 Å². The van der Waals surface area contributed by atoms with Gasteiger partial charge in [0.2, 0.25) is 0 Å². The van der Waals surface area contributed by atoms with Crippen LogP contribution in [-0.4, -0.2) is 16.0 Å². The second-order valence-corrected chi connectivity index (χ2v) is 7.96. The van der Waals surface area contributed by atoms with Crippen LogP contribution in [0, 0.1) is 0 Å². The molecule has 4 rings (SSSR count). The number of aromatic nitrogens is 1. The Labute approximate surface area is 179 Å². The van der Waals surface area contributed by atoms with Crippen LogP contribution in [0.25, 0.3) is 20.8 Å². The molecule has 0 aliphatic heterocycles. The topological polar surface area (TPSA) is 67.2 Å². The number of carbonyl (C=O) groups is 1. The van der Waals surface area contributed by atoms with Crippen LogP contribution in [0.3, 0.4) is 0 Å². The summed E-state index contributed by atoms with van der Waals surface area (Å²) in [6.07, 6.45) is 1.41. The van der Waals surface area contributed by atoms with E-state index in [2.05, 4.69) is 15.6 Å². The van der Waals surface area contributed by atoms with E-state index in [1.54, 1.807) is 24.3 Å². The highest BCUT2D eigenvalue weighted by molar-refractivity contribution is 7.80. The van der Waals surface area contributed by atoms with Crippen LogP contribution in [0.5, 0.6) is 0 Å². The summed E-state index contributed by atoms with van der Waals surface area (Å²) in [5.74, 6) is -0.313. The summed E-state index contributed by atoms with van der Waals surface area (Å²) < 4.78 is 6.10. The SMILES string of the molecule is O=C(NC(=S)Nc1c(Cl)cc(Cl)cc1-c1nc2ccccc2s1)c1ccco1. The van der Waals surface area contributed by atoms with Gasteiger partial charge in [-0.3, -0.25) is 10.1 Å². The van der Waals surface area contributed by atoms with Crippen molar-refractivity contribution in [2.45, 2.75) is 0 Å². The van der Waals surface area contributed by atoms with E-state index in [4.69, 9.17) is 39.8 Å². The number of nitrogens with one attached hydrogen (secondary N) is 2. The molecule has 2 aromatic carbocycles. The quantitative estimate of drug-likeness (QED) is 0.377. The molecule has 0 atom stereocenters. The molecular formula is C19H11Cl2N3O2S2. The zero-order valence-corrected chi connectivity index (χ0v) is 17.2. The Bertz CT molecular complexity index is 1160. The Morgan fingerprint density at radius 1 is 1.14 bits per heavy atom. The lowest BCUT2D eigenvalue weighted by molar-refractivity contribution is 0.0950. The van der Waals surface area contributed by atoms with Gasteiger partial charge in [0.15, 0.2) is 10.9 Å². The summed E-state index contributed by atoms with van der Waals surface area (Å²) in [6, 6.07) is 14.3. The van der Waals surface area contributed by atoms with Gasteiger partial charge in [0, 0.05) is 10.6 Å². The van der Waals surface area contributed by atoms with Gasteiger partial charge >= 0.3 is 0 Å². The van der Waals surface area contributed by atoms with Crippen molar-refractivity contribution in [1.29, 1.82) is 0 Å². The highest BCUT2D eigenvalue weighted by Crippen LogP contribution is 2.40. The molecular weight excluding hydrogens is 437 g/mol. The second-order valence-electron chi connectivity index (χ2n) is 5.68. The number of benzene rings is 2. The highest BCUT2D eigenvalue weighted by Gasteiger charge is 2.17. The molecule has 2 N–H and O–H groups in total. The number of para-hydroxylation sites is 1. The maximum atomic E-state index is 12.1. The van der Waals surface area contributed by atoms with E-state index < -0.39 is 5.91 Å². The molecule has 28 heavy (non-hydrogen) atoms. The van der Waals surface area contributed by atoms with Crippen molar-refractivity contribution >= 4 is 73.7 Å².